The number of carboxylic acids is 1. The highest BCUT2D eigenvalue weighted by molar-refractivity contribution is 5.79. The molecule has 0 aromatic heterocycles. The van der Waals surface area contributed by atoms with Gasteiger partial charge in [0, 0.05) is 5.92 Å². The minimum absolute atomic E-state index is 0.0178. The van der Waals surface area contributed by atoms with Gasteiger partial charge in [0.05, 0.1) is 6.04 Å². The highest BCUT2D eigenvalue weighted by atomic mass is 16.5. The van der Waals surface area contributed by atoms with E-state index in [0.29, 0.717) is 5.75 Å². The van der Waals surface area contributed by atoms with E-state index in [4.69, 9.17) is 14.6 Å². The van der Waals surface area contributed by atoms with Gasteiger partial charge >= 0.3 is 12.1 Å². The maximum absolute atomic E-state index is 13.2. The first-order valence-corrected chi connectivity index (χ1v) is 12.7. The highest BCUT2D eigenvalue weighted by Gasteiger charge is 2.30. The van der Waals surface area contributed by atoms with E-state index in [2.05, 4.69) is 35.6 Å². The largest absolute Gasteiger partial charge is 0.482 e. The summed E-state index contributed by atoms with van der Waals surface area (Å²) in [6.07, 6.45) is 1.07. The Hall–Kier alpha value is -4.58. The quantitative estimate of drug-likeness (QED) is 0.342. The first kappa shape index (κ1) is 23.8. The van der Waals surface area contributed by atoms with Gasteiger partial charge in [0.15, 0.2) is 6.61 Å². The summed E-state index contributed by atoms with van der Waals surface area (Å²) in [6.45, 7) is -0.163. The summed E-state index contributed by atoms with van der Waals surface area (Å²) in [5.41, 5.74) is 8.84. The number of aliphatic carboxylic acids is 1. The van der Waals surface area contributed by atoms with Crippen LogP contribution in [0.5, 0.6) is 5.75 Å². The summed E-state index contributed by atoms with van der Waals surface area (Å²) in [5, 5.41) is 12.1. The molecule has 0 saturated carbocycles. The Morgan fingerprint density at radius 3 is 2.08 bits per heavy atom. The predicted molar refractivity (Wildman–Crippen MR) is 143 cm³/mol. The molecule has 6 heteroatoms. The second-order valence-corrected chi connectivity index (χ2v) is 9.64. The summed E-state index contributed by atoms with van der Waals surface area (Å²) in [5.74, 6) is -0.546. The monoisotopic (exact) mass is 505 g/mol. The van der Waals surface area contributed by atoms with Gasteiger partial charge in [-0.3, -0.25) is 0 Å². The van der Waals surface area contributed by atoms with E-state index >= 15 is 0 Å². The number of carbonyl (C=O) groups excluding carboxylic acids is 1. The molecule has 0 saturated heterocycles. The van der Waals surface area contributed by atoms with Crippen LogP contribution in [-0.2, 0) is 22.4 Å². The standard InChI is InChI=1S/C32H27NO5/c34-30(35)19-37-22-15-16-24-21(17-22)14-13-20-7-1-2-8-23(20)31(24)33-32(36)38-18-29-27-11-5-3-9-25(27)26-10-4-6-12-28(26)29/h1-12,15-17,29,31H,13-14,18-19H2,(H,33,36)(H,34,35)/t31-/m0/s1. The lowest BCUT2D eigenvalue weighted by atomic mass is 9.94. The Morgan fingerprint density at radius 1 is 0.763 bits per heavy atom. The summed E-state index contributed by atoms with van der Waals surface area (Å²) in [4.78, 5) is 24.2. The van der Waals surface area contributed by atoms with Crippen molar-refractivity contribution in [2.45, 2.75) is 24.8 Å². The molecule has 2 N–H and O–H groups in total. The van der Waals surface area contributed by atoms with Gasteiger partial charge in [-0.2, -0.15) is 0 Å². The van der Waals surface area contributed by atoms with Gasteiger partial charge in [0.1, 0.15) is 12.4 Å². The van der Waals surface area contributed by atoms with Crippen LogP contribution >= 0.6 is 0 Å². The zero-order valence-electron chi connectivity index (χ0n) is 20.7. The molecule has 0 aliphatic heterocycles. The van der Waals surface area contributed by atoms with E-state index in [1.54, 1.807) is 6.07 Å². The molecule has 0 spiro atoms. The average Bonchev–Trinajstić information content (AvgIpc) is 3.18. The van der Waals surface area contributed by atoms with Crippen molar-refractivity contribution in [1.29, 1.82) is 0 Å². The van der Waals surface area contributed by atoms with Crippen molar-refractivity contribution >= 4 is 12.1 Å². The predicted octanol–water partition coefficient (Wildman–Crippen LogP) is 5.88. The van der Waals surface area contributed by atoms with Gasteiger partial charge in [-0.25, -0.2) is 9.59 Å². The number of benzene rings is 4. The molecule has 2 aliphatic carbocycles. The molecular weight excluding hydrogens is 478 g/mol. The molecule has 4 aromatic rings. The molecule has 1 amide bonds. The van der Waals surface area contributed by atoms with Gasteiger partial charge in [0.25, 0.3) is 0 Å². The van der Waals surface area contributed by atoms with Crippen molar-refractivity contribution in [3.8, 4) is 16.9 Å². The highest BCUT2D eigenvalue weighted by Crippen LogP contribution is 2.44. The number of hydrogen-bond donors (Lipinski definition) is 2. The van der Waals surface area contributed by atoms with E-state index in [1.807, 2.05) is 54.6 Å². The maximum atomic E-state index is 13.2. The number of hydrogen-bond acceptors (Lipinski definition) is 4. The third-order valence-electron chi connectivity index (χ3n) is 7.42. The minimum Gasteiger partial charge on any atom is -0.482 e. The molecule has 6 rings (SSSR count). The fourth-order valence-corrected chi connectivity index (χ4v) is 5.71. The molecule has 190 valence electrons. The maximum Gasteiger partial charge on any atom is 0.407 e. The molecule has 0 bridgehead atoms. The lowest BCUT2D eigenvalue weighted by Gasteiger charge is -2.23. The van der Waals surface area contributed by atoms with E-state index in [0.717, 1.165) is 35.1 Å². The van der Waals surface area contributed by atoms with Gasteiger partial charge in [-0.15, -0.1) is 0 Å². The van der Waals surface area contributed by atoms with Gasteiger partial charge in [0.2, 0.25) is 0 Å². The van der Waals surface area contributed by atoms with Gasteiger partial charge < -0.3 is 19.9 Å². The number of carboxylic acid groups (broad SMARTS) is 1. The Morgan fingerprint density at radius 2 is 1.37 bits per heavy atom. The van der Waals surface area contributed by atoms with Crippen LogP contribution in [0.15, 0.2) is 91.0 Å². The van der Waals surface area contributed by atoms with Gasteiger partial charge in [-0.05, 0) is 69.5 Å². The van der Waals surface area contributed by atoms with Crippen molar-refractivity contribution in [2.75, 3.05) is 13.2 Å². The minimum atomic E-state index is -1.03. The molecule has 38 heavy (non-hydrogen) atoms. The lowest BCUT2D eigenvalue weighted by molar-refractivity contribution is -0.139. The van der Waals surface area contributed by atoms with Crippen LogP contribution in [0.25, 0.3) is 11.1 Å². The van der Waals surface area contributed by atoms with Crippen molar-refractivity contribution in [2.24, 2.45) is 0 Å². The Balaban J connectivity index is 1.24. The number of amides is 1. The summed E-state index contributed by atoms with van der Waals surface area (Å²) < 4.78 is 11.3. The average molecular weight is 506 g/mol. The zero-order valence-corrected chi connectivity index (χ0v) is 20.7. The molecule has 0 unspecified atom stereocenters. The second kappa shape index (κ2) is 10.1. The normalized spacial score (nSPS) is 15.3. The Bertz CT molecular complexity index is 1480. The third-order valence-corrected chi connectivity index (χ3v) is 7.42. The van der Waals surface area contributed by atoms with Crippen LogP contribution < -0.4 is 10.1 Å². The topological polar surface area (TPSA) is 84.9 Å². The van der Waals surface area contributed by atoms with Crippen LogP contribution in [0, 0.1) is 0 Å². The molecule has 0 heterocycles. The molecule has 1 atom stereocenters. The van der Waals surface area contributed by atoms with E-state index in [1.165, 1.54) is 22.3 Å². The van der Waals surface area contributed by atoms with Crippen molar-refractivity contribution in [3.05, 3.63) is 124 Å². The third kappa shape index (κ3) is 4.50. The second-order valence-electron chi connectivity index (χ2n) is 9.64. The number of ether oxygens (including phenoxy) is 2. The van der Waals surface area contributed by atoms with Crippen molar-refractivity contribution < 1.29 is 24.2 Å². The zero-order chi connectivity index (χ0) is 26.1. The first-order chi connectivity index (χ1) is 18.6. The summed E-state index contributed by atoms with van der Waals surface area (Å²) >= 11 is 0. The van der Waals surface area contributed by atoms with Crippen molar-refractivity contribution in [1.82, 2.24) is 5.32 Å². The summed E-state index contributed by atoms with van der Waals surface area (Å²) in [6, 6.07) is 29.8. The molecule has 2 aliphatic rings. The first-order valence-electron chi connectivity index (χ1n) is 12.7. The van der Waals surface area contributed by atoms with Crippen molar-refractivity contribution in [3.63, 3.8) is 0 Å². The smallest absolute Gasteiger partial charge is 0.407 e. The summed E-state index contributed by atoms with van der Waals surface area (Å²) in [7, 11) is 0. The lowest BCUT2D eigenvalue weighted by Crippen LogP contribution is -2.31. The molecule has 6 nitrogen and oxygen atoms in total. The Labute approximate surface area is 220 Å². The molecular formula is C32H27NO5. The number of rotatable bonds is 6. The van der Waals surface area contributed by atoms with Crippen LogP contribution in [0.2, 0.25) is 0 Å². The van der Waals surface area contributed by atoms with E-state index < -0.39 is 24.7 Å². The number of alkyl carbamates (subject to hydrolysis) is 1. The number of fused-ring (bicyclic) bond motifs is 5. The number of carbonyl (C=O) groups is 2. The fraction of sp³-hybridized carbons (Fsp3) is 0.188. The SMILES string of the molecule is O=C(O)COc1ccc2c(c1)CCc1ccccc1[C@@H]2NC(=O)OCC1c2ccccc2-c2ccccc21. The van der Waals surface area contributed by atoms with Crippen LogP contribution in [0.3, 0.4) is 0 Å². The van der Waals surface area contributed by atoms with Crippen LogP contribution in [0.4, 0.5) is 4.79 Å². The van der Waals surface area contributed by atoms with E-state index in [-0.39, 0.29) is 12.5 Å². The molecule has 0 radical (unpaired) electrons. The number of aryl methyl sites for hydroxylation is 2. The molecule has 0 fully saturated rings. The number of nitrogens with one attached hydrogen (secondary N) is 1. The van der Waals surface area contributed by atoms with Crippen LogP contribution in [0.1, 0.15) is 45.3 Å². The van der Waals surface area contributed by atoms with Crippen LogP contribution in [-0.4, -0.2) is 30.4 Å². The van der Waals surface area contributed by atoms with Gasteiger partial charge in [-0.1, -0.05) is 78.9 Å². The van der Waals surface area contributed by atoms with E-state index in [9.17, 15) is 9.59 Å². The Kier molecular flexibility index (Phi) is 6.30. The molecule has 4 aromatic carbocycles. The fourth-order valence-electron chi connectivity index (χ4n) is 5.71.